The Morgan fingerprint density at radius 1 is 1.25 bits per heavy atom. The zero-order chi connectivity index (χ0) is 2.71. The minimum absolute atomic E-state index is 0. The largest absolute Gasteiger partial charge is 3.00 e. The van der Waals surface area contributed by atoms with Crippen molar-refractivity contribution >= 4 is 0 Å². The van der Waals surface area contributed by atoms with Gasteiger partial charge in [-0.2, -0.15) is 0 Å². The molecular formula is H2NiO3+3. The second-order valence-electron chi connectivity index (χ2n) is 0.0816. The number of hydrogen-bond acceptors (Lipinski definition) is 3. The van der Waals surface area contributed by atoms with E-state index in [9.17, 15) is 0 Å². The van der Waals surface area contributed by atoms with Gasteiger partial charge in [0, 0.05) is 0 Å². The van der Waals surface area contributed by atoms with Crippen LogP contribution in [0.15, 0.2) is 0 Å². The molecule has 0 aliphatic rings. The maximum absolute atomic E-state index is 6.62. The molecule has 2 N–H and O–H groups in total. The van der Waals surface area contributed by atoms with Gasteiger partial charge in [0.15, 0.2) is 0 Å². The molecule has 0 spiro atoms. The first kappa shape index (κ1) is 8.84. The minimum atomic E-state index is 0. The molecule has 0 aliphatic heterocycles. The Morgan fingerprint density at radius 3 is 1.25 bits per heavy atom. The van der Waals surface area contributed by atoms with Gasteiger partial charge < -0.3 is 0 Å². The fourth-order valence-electron chi connectivity index (χ4n) is 0. The molecule has 0 aromatic rings. The minimum Gasteiger partial charge on any atom is -0.221 e. The van der Waals surface area contributed by atoms with Gasteiger partial charge in [-0.1, -0.05) is 5.04 Å². The van der Waals surface area contributed by atoms with E-state index in [2.05, 4.69) is 5.04 Å². The van der Waals surface area contributed by atoms with E-state index in [1.54, 1.807) is 0 Å². The molecule has 27 valence electrons. The van der Waals surface area contributed by atoms with E-state index in [4.69, 9.17) is 10.5 Å². The summed E-state index contributed by atoms with van der Waals surface area (Å²) in [6, 6.07) is 0. The van der Waals surface area contributed by atoms with Crippen molar-refractivity contribution in [2.75, 3.05) is 0 Å². The molecule has 0 fully saturated rings. The summed E-state index contributed by atoms with van der Waals surface area (Å²) in [5, 5.41) is 15.5. The molecule has 0 atom stereocenters. The number of rotatable bonds is 0. The summed E-state index contributed by atoms with van der Waals surface area (Å²) in [5.74, 6) is 0. The topological polar surface area (TPSA) is 49.7 Å². The maximum Gasteiger partial charge on any atom is 3.00 e. The van der Waals surface area contributed by atoms with Crippen molar-refractivity contribution in [3.05, 3.63) is 0 Å². The van der Waals surface area contributed by atoms with Gasteiger partial charge in [-0.05, 0) is 0 Å². The molecule has 0 aliphatic carbocycles. The van der Waals surface area contributed by atoms with Gasteiger partial charge in [-0.3, -0.25) is 0 Å². The van der Waals surface area contributed by atoms with E-state index in [0.29, 0.717) is 0 Å². The molecule has 0 amide bonds. The average Bonchev–Trinajstić information content (AvgIpc) is 0.918. The van der Waals surface area contributed by atoms with Crippen LogP contribution < -0.4 is 0 Å². The molecule has 0 saturated carbocycles. The van der Waals surface area contributed by atoms with Crippen LogP contribution in [0.5, 0.6) is 0 Å². The van der Waals surface area contributed by atoms with Crippen molar-refractivity contribution in [1.29, 1.82) is 0 Å². The third-order valence-electron chi connectivity index (χ3n) is 0. The molecule has 3 nitrogen and oxygen atoms in total. The van der Waals surface area contributed by atoms with Crippen molar-refractivity contribution < 1.29 is 32.0 Å². The normalized spacial score (nSPS) is 4.50. The Kier molecular flexibility index (Phi) is 22.3. The van der Waals surface area contributed by atoms with E-state index < -0.39 is 0 Å². The van der Waals surface area contributed by atoms with Crippen LogP contribution in [0.1, 0.15) is 0 Å². The smallest absolute Gasteiger partial charge is 0.221 e. The van der Waals surface area contributed by atoms with E-state index >= 15 is 0 Å². The van der Waals surface area contributed by atoms with Gasteiger partial charge in [-0.25, -0.2) is 10.5 Å². The van der Waals surface area contributed by atoms with Crippen molar-refractivity contribution in [3.8, 4) is 0 Å². The summed E-state index contributed by atoms with van der Waals surface area (Å²) < 4.78 is 0. The van der Waals surface area contributed by atoms with Gasteiger partial charge in [-0.15, -0.1) is 0 Å². The van der Waals surface area contributed by atoms with Crippen LogP contribution >= 0.6 is 0 Å². The van der Waals surface area contributed by atoms with Crippen molar-refractivity contribution in [2.45, 2.75) is 0 Å². The zero-order valence-corrected chi connectivity index (χ0v) is 2.61. The summed E-state index contributed by atoms with van der Waals surface area (Å²) in [6.07, 6.45) is 0. The maximum atomic E-state index is 6.62. The second-order valence-corrected chi connectivity index (χ2v) is 0.0816. The van der Waals surface area contributed by atoms with Crippen molar-refractivity contribution in [2.24, 2.45) is 0 Å². The summed E-state index contributed by atoms with van der Waals surface area (Å²) in [6.45, 7) is 0. The first-order valence-electron chi connectivity index (χ1n) is 0.365. The Labute approximate surface area is 33.0 Å². The quantitative estimate of drug-likeness (QED) is 0.260. The summed E-state index contributed by atoms with van der Waals surface area (Å²) in [5.41, 5.74) is 0. The molecule has 0 saturated heterocycles. The summed E-state index contributed by atoms with van der Waals surface area (Å²) in [7, 11) is 0. The van der Waals surface area contributed by atoms with Crippen LogP contribution in [0.4, 0.5) is 0 Å². The van der Waals surface area contributed by atoms with E-state index in [0.717, 1.165) is 0 Å². The Hall–Kier alpha value is 0.374. The summed E-state index contributed by atoms with van der Waals surface area (Å²) in [4.78, 5) is 0. The molecule has 0 unspecified atom stereocenters. The third kappa shape index (κ3) is 32.1. The Balaban J connectivity index is 0. The number of hydrogen-bond donors (Lipinski definition) is 2. The van der Waals surface area contributed by atoms with Gasteiger partial charge in [0.1, 0.15) is 0 Å². The van der Waals surface area contributed by atoms with Crippen LogP contribution in [-0.4, -0.2) is 10.5 Å². The third-order valence-corrected chi connectivity index (χ3v) is 0. The van der Waals surface area contributed by atoms with Crippen LogP contribution in [0, 0.1) is 0 Å². The van der Waals surface area contributed by atoms with Gasteiger partial charge in [0.25, 0.3) is 0 Å². The monoisotopic (exact) mass is 108 g/mol. The van der Waals surface area contributed by atoms with Crippen LogP contribution in [-0.2, 0) is 21.5 Å². The zero-order valence-electron chi connectivity index (χ0n) is 1.62. The Bertz CT molecular complexity index is 3.25. The van der Waals surface area contributed by atoms with Crippen LogP contribution in [0.2, 0.25) is 0 Å². The first-order chi connectivity index (χ1) is 1.41. The Morgan fingerprint density at radius 2 is 1.25 bits per heavy atom. The van der Waals surface area contributed by atoms with Crippen molar-refractivity contribution in [3.63, 3.8) is 0 Å². The standard InChI is InChI=1S/Ni.H2O3/c;1-3-2/h;1-2H/q+3;. The molecule has 0 rings (SSSR count). The molecule has 0 heterocycles. The molecule has 0 aromatic heterocycles. The average molecular weight is 109 g/mol. The fraction of sp³-hybridized carbons (Fsp3) is 0. The fourth-order valence-corrected chi connectivity index (χ4v) is 0. The molecule has 0 aromatic carbocycles. The van der Waals surface area contributed by atoms with Crippen LogP contribution in [0.25, 0.3) is 0 Å². The molecular weight excluding hydrogens is 107 g/mol. The molecule has 1 radical (unpaired) electrons. The first-order valence-corrected chi connectivity index (χ1v) is 0.365. The molecule has 4 heteroatoms. The SMILES string of the molecule is OOO.[Ni+3]. The van der Waals surface area contributed by atoms with E-state index in [-0.39, 0.29) is 16.5 Å². The predicted octanol–water partition coefficient (Wildman–Crippen LogP) is -0.0535. The molecule has 4 heavy (non-hydrogen) atoms. The van der Waals surface area contributed by atoms with Gasteiger partial charge in [0.05, 0.1) is 0 Å². The van der Waals surface area contributed by atoms with Crippen molar-refractivity contribution in [1.82, 2.24) is 0 Å². The summed E-state index contributed by atoms with van der Waals surface area (Å²) >= 11 is 0. The van der Waals surface area contributed by atoms with Gasteiger partial charge >= 0.3 is 16.5 Å². The van der Waals surface area contributed by atoms with E-state index in [1.807, 2.05) is 0 Å². The second kappa shape index (κ2) is 10.1. The van der Waals surface area contributed by atoms with Gasteiger partial charge in [0.2, 0.25) is 0 Å². The predicted molar refractivity (Wildman–Crippen MR) is 6.34 cm³/mol. The van der Waals surface area contributed by atoms with Crippen LogP contribution in [0.3, 0.4) is 0 Å². The molecule has 0 bridgehead atoms. The van der Waals surface area contributed by atoms with E-state index in [1.165, 1.54) is 0 Å².